The molecule has 1 aliphatic carbocycles. The highest BCUT2D eigenvalue weighted by Crippen LogP contribution is 2.32. The Balaban J connectivity index is 1.62. The molecule has 0 aromatic heterocycles. The molecule has 2 aliphatic rings. The van der Waals surface area contributed by atoms with Gasteiger partial charge in [-0.2, -0.15) is 0 Å². The molecule has 0 atom stereocenters. The van der Waals surface area contributed by atoms with E-state index in [0.717, 1.165) is 12.8 Å². The molecule has 19 heavy (non-hydrogen) atoms. The van der Waals surface area contributed by atoms with Crippen molar-refractivity contribution >= 4 is 17.6 Å². The Morgan fingerprint density at radius 1 is 1.11 bits per heavy atom. The van der Waals surface area contributed by atoms with Gasteiger partial charge in [0.2, 0.25) is 5.91 Å². The number of imide groups is 1. The number of ether oxygens (including phenoxy) is 2. The quantitative estimate of drug-likeness (QED) is 0.847. The summed E-state index contributed by atoms with van der Waals surface area (Å²) in [6.45, 7) is 1.01. The third-order valence-corrected chi connectivity index (χ3v) is 2.98. The standard InChI is InChI=1S/C13H14N2O4/c16-12(8-1-2-8)15-13(17)14-9-3-4-10-11(7-9)19-6-5-18-10/h3-4,7-8H,1-2,5-6H2,(H2,14,15,16,17). The van der Waals surface area contributed by atoms with Crippen LogP contribution in [-0.4, -0.2) is 25.2 Å². The van der Waals surface area contributed by atoms with Crippen LogP contribution in [0.5, 0.6) is 11.5 Å². The summed E-state index contributed by atoms with van der Waals surface area (Å²) in [7, 11) is 0. The second-order valence-corrected chi connectivity index (χ2v) is 4.58. The molecule has 0 bridgehead atoms. The van der Waals surface area contributed by atoms with Gasteiger partial charge >= 0.3 is 6.03 Å². The topological polar surface area (TPSA) is 76.7 Å². The number of hydrogen-bond acceptors (Lipinski definition) is 4. The van der Waals surface area contributed by atoms with Crippen molar-refractivity contribution < 1.29 is 19.1 Å². The minimum absolute atomic E-state index is 0.00557. The van der Waals surface area contributed by atoms with E-state index in [9.17, 15) is 9.59 Å². The minimum atomic E-state index is -0.520. The molecule has 100 valence electrons. The second-order valence-electron chi connectivity index (χ2n) is 4.58. The zero-order chi connectivity index (χ0) is 13.2. The van der Waals surface area contributed by atoms with E-state index < -0.39 is 6.03 Å². The molecule has 0 spiro atoms. The van der Waals surface area contributed by atoms with Crippen LogP contribution in [0.3, 0.4) is 0 Å². The molecule has 1 heterocycles. The lowest BCUT2D eigenvalue weighted by Gasteiger charge is -2.19. The number of anilines is 1. The number of rotatable bonds is 2. The lowest BCUT2D eigenvalue weighted by Crippen LogP contribution is -2.35. The van der Waals surface area contributed by atoms with Crippen molar-refractivity contribution in [1.29, 1.82) is 0 Å². The van der Waals surface area contributed by atoms with E-state index in [2.05, 4.69) is 10.6 Å². The average Bonchev–Trinajstić information content (AvgIpc) is 3.22. The van der Waals surface area contributed by atoms with Gasteiger partial charge in [-0.3, -0.25) is 10.1 Å². The van der Waals surface area contributed by atoms with Crippen LogP contribution < -0.4 is 20.1 Å². The number of benzene rings is 1. The van der Waals surface area contributed by atoms with Gasteiger partial charge in [0.1, 0.15) is 13.2 Å². The van der Waals surface area contributed by atoms with E-state index >= 15 is 0 Å². The van der Waals surface area contributed by atoms with Gasteiger partial charge in [0.15, 0.2) is 11.5 Å². The van der Waals surface area contributed by atoms with E-state index in [1.807, 2.05) is 0 Å². The number of carbonyl (C=O) groups excluding carboxylic acids is 2. The van der Waals surface area contributed by atoms with Crippen molar-refractivity contribution in [3.8, 4) is 11.5 Å². The van der Waals surface area contributed by atoms with E-state index in [1.165, 1.54) is 0 Å². The molecule has 2 N–H and O–H groups in total. The first-order valence-corrected chi connectivity index (χ1v) is 6.24. The molecule has 1 aromatic carbocycles. The molecule has 1 aliphatic heterocycles. The fraction of sp³-hybridized carbons (Fsp3) is 0.385. The van der Waals surface area contributed by atoms with Crippen LogP contribution in [0.15, 0.2) is 18.2 Å². The fourth-order valence-corrected chi connectivity index (χ4v) is 1.84. The van der Waals surface area contributed by atoms with Crippen LogP contribution in [0.25, 0.3) is 0 Å². The van der Waals surface area contributed by atoms with Crippen molar-refractivity contribution in [2.45, 2.75) is 12.8 Å². The summed E-state index contributed by atoms with van der Waals surface area (Å²) in [6.07, 6.45) is 1.73. The number of fused-ring (bicyclic) bond motifs is 1. The van der Waals surface area contributed by atoms with Crippen molar-refractivity contribution in [1.82, 2.24) is 5.32 Å². The van der Waals surface area contributed by atoms with Crippen molar-refractivity contribution in [3.63, 3.8) is 0 Å². The van der Waals surface area contributed by atoms with Crippen molar-refractivity contribution in [2.75, 3.05) is 18.5 Å². The number of nitrogens with one attached hydrogen (secondary N) is 2. The molecule has 0 radical (unpaired) electrons. The van der Waals surface area contributed by atoms with E-state index in [4.69, 9.17) is 9.47 Å². The van der Waals surface area contributed by atoms with Crippen LogP contribution in [0.2, 0.25) is 0 Å². The highest BCUT2D eigenvalue weighted by molar-refractivity contribution is 6.02. The highest BCUT2D eigenvalue weighted by atomic mass is 16.6. The van der Waals surface area contributed by atoms with Crippen LogP contribution in [0.4, 0.5) is 10.5 Å². The van der Waals surface area contributed by atoms with Crippen LogP contribution >= 0.6 is 0 Å². The van der Waals surface area contributed by atoms with Gasteiger partial charge in [0, 0.05) is 17.7 Å². The first-order chi connectivity index (χ1) is 9.22. The first-order valence-electron chi connectivity index (χ1n) is 6.24. The molecule has 1 fully saturated rings. The Labute approximate surface area is 110 Å². The number of amides is 3. The third kappa shape index (κ3) is 2.78. The predicted molar refractivity (Wildman–Crippen MR) is 67.3 cm³/mol. The maximum atomic E-state index is 11.6. The van der Waals surface area contributed by atoms with Crippen molar-refractivity contribution in [3.05, 3.63) is 18.2 Å². The molecule has 1 aromatic rings. The average molecular weight is 262 g/mol. The Kier molecular flexibility index (Phi) is 2.98. The summed E-state index contributed by atoms with van der Waals surface area (Å²) in [4.78, 5) is 23.0. The summed E-state index contributed by atoms with van der Waals surface area (Å²) in [6, 6.07) is 4.59. The van der Waals surface area contributed by atoms with Gasteiger partial charge in [0.25, 0.3) is 0 Å². The monoisotopic (exact) mass is 262 g/mol. The lowest BCUT2D eigenvalue weighted by atomic mass is 10.2. The number of urea groups is 1. The van der Waals surface area contributed by atoms with E-state index in [1.54, 1.807) is 18.2 Å². The summed E-state index contributed by atoms with van der Waals surface area (Å²) < 4.78 is 10.8. The Hall–Kier alpha value is -2.24. The Morgan fingerprint density at radius 2 is 1.84 bits per heavy atom. The SMILES string of the molecule is O=C(NC(=O)C1CC1)Nc1ccc2c(c1)OCCO2. The first kappa shape index (κ1) is 11.8. The molecule has 1 saturated carbocycles. The molecular formula is C13H14N2O4. The minimum Gasteiger partial charge on any atom is -0.486 e. The normalized spacial score (nSPS) is 16.6. The van der Waals surface area contributed by atoms with Gasteiger partial charge in [0.05, 0.1) is 0 Å². The Morgan fingerprint density at radius 3 is 2.58 bits per heavy atom. The number of carbonyl (C=O) groups is 2. The van der Waals surface area contributed by atoms with Gasteiger partial charge in [-0.05, 0) is 25.0 Å². The van der Waals surface area contributed by atoms with Gasteiger partial charge < -0.3 is 14.8 Å². The maximum Gasteiger partial charge on any atom is 0.325 e. The van der Waals surface area contributed by atoms with Crippen LogP contribution in [0.1, 0.15) is 12.8 Å². The van der Waals surface area contributed by atoms with Gasteiger partial charge in [-0.1, -0.05) is 0 Å². The summed E-state index contributed by atoms with van der Waals surface area (Å²) in [5.74, 6) is 1.05. The van der Waals surface area contributed by atoms with E-state index in [0.29, 0.717) is 30.4 Å². The molecule has 6 heteroatoms. The molecule has 0 unspecified atom stereocenters. The molecule has 3 amide bonds. The molecular weight excluding hydrogens is 248 g/mol. The molecule has 3 rings (SSSR count). The van der Waals surface area contributed by atoms with Gasteiger partial charge in [-0.25, -0.2) is 4.79 Å². The third-order valence-electron chi connectivity index (χ3n) is 2.98. The molecule has 0 saturated heterocycles. The predicted octanol–water partition coefficient (Wildman–Crippen LogP) is 1.52. The largest absolute Gasteiger partial charge is 0.486 e. The second kappa shape index (κ2) is 4.79. The molecule has 6 nitrogen and oxygen atoms in total. The van der Waals surface area contributed by atoms with Gasteiger partial charge in [-0.15, -0.1) is 0 Å². The lowest BCUT2D eigenvalue weighted by molar-refractivity contribution is -0.121. The summed E-state index contributed by atoms with van der Waals surface area (Å²) in [5.41, 5.74) is 0.561. The van der Waals surface area contributed by atoms with Crippen molar-refractivity contribution in [2.24, 2.45) is 5.92 Å². The van der Waals surface area contributed by atoms with Crippen LogP contribution in [0, 0.1) is 5.92 Å². The summed E-state index contributed by atoms with van der Waals surface area (Å²) >= 11 is 0. The zero-order valence-corrected chi connectivity index (χ0v) is 10.3. The smallest absolute Gasteiger partial charge is 0.325 e. The zero-order valence-electron chi connectivity index (χ0n) is 10.3. The number of hydrogen-bond donors (Lipinski definition) is 2. The Bertz CT molecular complexity index is 525. The highest BCUT2D eigenvalue weighted by Gasteiger charge is 2.30. The maximum absolute atomic E-state index is 11.6. The van der Waals surface area contributed by atoms with E-state index in [-0.39, 0.29) is 11.8 Å². The summed E-state index contributed by atoms with van der Waals surface area (Å²) in [5, 5.41) is 4.91. The van der Waals surface area contributed by atoms with Crippen LogP contribution in [-0.2, 0) is 4.79 Å². The fourth-order valence-electron chi connectivity index (χ4n) is 1.84.